The van der Waals surface area contributed by atoms with Crippen molar-refractivity contribution in [1.29, 1.82) is 0 Å². The Kier molecular flexibility index (Phi) is 4.25. The monoisotopic (exact) mass is 289 g/mol. The number of nitrogens with two attached hydrogens (primary N) is 1. The number of ether oxygens (including phenoxy) is 2. The normalized spacial score (nSPS) is 19.9. The third kappa shape index (κ3) is 3.24. The van der Waals surface area contributed by atoms with Crippen LogP contribution in [0, 0.1) is 0 Å². The van der Waals surface area contributed by atoms with Crippen molar-refractivity contribution in [2.24, 2.45) is 5.73 Å². The van der Waals surface area contributed by atoms with Gasteiger partial charge in [0.2, 0.25) is 0 Å². The number of rotatable bonds is 4. The molecule has 0 spiro atoms. The van der Waals surface area contributed by atoms with Gasteiger partial charge in [-0.05, 0) is 30.5 Å². The van der Waals surface area contributed by atoms with E-state index in [2.05, 4.69) is 4.74 Å². The van der Waals surface area contributed by atoms with Crippen LogP contribution in [0.4, 0.5) is 13.2 Å². The number of methoxy groups -OCH3 is 1. The molecule has 0 saturated heterocycles. The second-order valence-electron chi connectivity index (χ2n) is 5.07. The summed E-state index contributed by atoms with van der Waals surface area (Å²) in [6.45, 7) is 0. The van der Waals surface area contributed by atoms with Crippen LogP contribution in [0.5, 0.6) is 5.75 Å². The summed E-state index contributed by atoms with van der Waals surface area (Å²) < 4.78 is 46.2. The Morgan fingerprint density at radius 1 is 1.25 bits per heavy atom. The van der Waals surface area contributed by atoms with Crippen LogP contribution in [0.25, 0.3) is 0 Å². The zero-order chi connectivity index (χ0) is 14.8. The fraction of sp³-hybridized carbons (Fsp3) is 0.571. The Morgan fingerprint density at radius 3 is 2.45 bits per heavy atom. The summed E-state index contributed by atoms with van der Waals surface area (Å²) in [5.41, 5.74) is 6.32. The fourth-order valence-electron chi connectivity index (χ4n) is 2.82. The molecule has 1 aromatic carbocycles. The van der Waals surface area contributed by atoms with E-state index < -0.39 is 18.0 Å². The van der Waals surface area contributed by atoms with Crippen LogP contribution < -0.4 is 10.5 Å². The van der Waals surface area contributed by atoms with Crippen LogP contribution in [0.15, 0.2) is 24.3 Å². The summed E-state index contributed by atoms with van der Waals surface area (Å²) in [5, 5.41) is 0. The van der Waals surface area contributed by atoms with Crippen molar-refractivity contribution in [2.45, 2.75) is 43.7 Å². The average Bonchev–Trinajstić information content (AvgIpc) is 2.86. The van der Waals surface area contributed by atoms with Crippen molar-refractivity contribution in [3.63, 3.8) is 0 Å². The molecule has 2 rings (SSSR count). The Bertz CT molecular complexity index is 456. The van der Waals surface area contributed by atoms with E-state index in [1.54, 1.807) is 13.2 Å². The molecule has 0 radical (unpaired) electrons. The molecular formula is C14H18F3NO2. The lowest BCUT2D eigenvalue weighted by molar-refractivity contribution is -0.274. The Hall–Kier alpha value is -1.27. The second kappa shape index (κ2) is 5.61. The molecule has 0 aromatic heterocycles. The molecular weight excluding hydrogens is 271 g/mol. The highest BCUT2D eigenvalue weighted by molar-refractivity contribution is 5.32. The van der Waals surface area contributed by atoms with Crippen molar-refractivity contribution in [1.82, 2.24) is 0 Å². The van der Waals surface area contributed by atoms with Crippen molar-refractivity contribution in [3.05, 3.63) is 29.8 Å². The van der Waals surface area contributed by atoms with Gasteiger partial charge in [-0.2, -0.15) is 0 Å². The lowest BCUT2D eigenvalue weighted by Crippen LogP contribution is -2.40. The van der Waals surface area contributed by atoms with Gasteiger partial charge in [-0.15, -0.1) is 13.2 Å². The highest BCUT2D eigenvalue weighted by atomic mass is 19.4. The minimum atomic E-state index is -4.70. The molecule has 0 aliphatic heterocycles. The molecule has 6 heteroatoms. The standard InChI is InChI=1S/C14H18F3NO2/c1-19-13(7-2-3-8-13)12(18)10-5-4-6-11(9-10)20-14(15,16)17/h4-6,9,12H,2-3,7-8,18H2,1H3. The first-order valence-corrected chi connectivity index (χ1v) is 6.53. The molecule has 1 aromatic rings. The van der Waals surface area contributed by atoms with Crippen LogP contribution in [0.2, 0.25) is 0 Å². The molecule has 1 atom stereocenters. The van der Waals surface area contributed by atoms with E-state index in [0.717, 1.165) is 25.7 Å². The highest BCUT2D eigenvalue weighted by Gasteiger charge is 2.40. The van der Waals surface area contributed by atoms with E-state index in [1.165, 1.54) is 18.2 Å². The van der Waals surface area contributed by atoms with E-state index in [0.29, 0.717) is 5.56 Å². The molecule has 1 fully saturated rings. The van der Waals surface area contributed by atoms with E-state index in [9.17, 15) is 13.2 Å². The number of halogens is 3. The molecule has 1 unspecified atom stereocenters. The smallest absolute Gasteiger partial charge is 0.406 e. The Balaban J connectivity index is 2.22. The van der Waals surface area contributed by atoms with Crippen molar-refractivity contribution < 1.29 is 22.6 Å². The summed E-state index contributed by atoms with van der Waals surface area (Å²) in [6.07, 6.45) is -1.04. The molecule has 2 N–H and O–H groups in total. The quantitative estimate of drug-likeness (QED) is 0.922. The lowest BCUT2D eigenvalue weighted by Gasteiger charge is -2.34. The zero-order valence-corrected chi connectivity index (χ0v) is 11.2. The van der Waals surface area contributed by atoms with Crippen LogP contribution in [0.1, 0.15) is 37.3 Å². The molecule has 1 saturated carbocycles. The maximum atomic E-state index is 12.2. The number of benzene rings is 1. The first-order chi connectivity index (χ1) is 9.36. The van der Waals surface area contributed by atoms with Gasteiger partial charge in [0.1, 0.15) is 5.75 Å². The largest absolute Gasteiger partial charge is 0.573 e. The van der Waals surface area contributed by atoms with Gasteiger partial charge in [0.05, 0.1) is 11.6 Å². The van der Waals surface area contributed by atoms with Crippen LogP contribution >= 0.6 is 0 Å². The van der Waals surface area contributed by atoms with Crippen molar-refractivity contribution in [3.8, 4) is 5.75 Å². The number of hydrogen-bond donors (Lipinski definition) is 1. The summed E-state index contributed by atoms with van der Waals surface area (Å²) in [4.78, 5) is 0. The van der Waals surface area contributed by atoms with E-state index in [4.69, 9.17) is 10.5 Å². The number of alkyl halides is 3. The fourth-order valence-corrected chi connectivity index (χ4v) is 2.82. The minimum absolute atomic E-state index is 0.255. The Morgan fingerprint density at radius 2 is 1.90 bits per heavy atom. The van der Waals surface area contributed by atoms with Crippen molar-refractivity contribution in [2.75, 3.05) is 7.11 Å². The first kappa shape index (κ1) is 15.1. The highest BCUT2D eigenvalue weighted by Crippen LogP contribution is 2.41. The van der Waals surface area contributed by atoms with Gasteiger partial charge in [0, 0.05) is 7.11 Å². The summed E-state index contributed by atoms with van der Waals surface area (Å²) in [6, 6.07) is 5.34. The predicted octanol–water partition coefficient (Wildman–Crippen LogP) is 3.54. The summed E-state index contributed by atoms with van der Waals surface area (Å²) in [7, 11) is 1.60. The summed E-state index contributed by atoms with van der Waals surface area (Å²) in [5.74, 6) is -0.255. The molecule has 112 valence electrons. The van der Waals surface area contributed by atoms with E-state index in [1.807, 2.05) is 0 Å². The van der Waals surface area contributed by atoms with Crippen LogP contribution in [0.3, 0.4) is 0 Å². The lowest BCUT2D eigenvalue weighted by atomic mass is 9.87. The van der Waals surface area contributed by atoms with Gasteiger partial charge in [-0.25, -0.2) is 0 Å². The third-order valence-electron chi connectivity index (χ3n) is 3.87. The maximum Gasteiger partial charge on any atom is 0.573 e. The molecule has 3 nitrogen and oxygen atoms in total. The molecule has 0 bridgehead atoms. The Labute approximate surface area is 115 Å². The molecule has 0 heterocycles. The van der Waals surface area contributed by atoms with Gasteiger partial charge >= 0.3 is 6.36 Å². The zero-order valence-electron chi connectivity index (χ0n) is 11.2. The predicted molar refractivity (Wildman–Crippen MR) is 68.3 cm³/mol. The minimum Gasteiger partial charge on any atom is -0.406 e. The van der Waals surface area contributed by atoms with Gasteiger partial charge in [0.25, 0.3) is 0 Å². The van der Waals surface area contributed by atoms with E-state index >= 15 is 0 Å². The van der Waals surface area contributed by atoms with E-state index in [-0.39, 0.29) is 5.75 Å². The second-order valence-corrected chi connectivity index (χ2v) is 5.07. The van der Waals surface area contributed by atoms with Crippen LogP contribution in [-0.2, 0) is 4.74 Å². The molecule has 0 amide bonds. The van der Waals surface area contributed by atoms with Gasteiger partial charge in [0.15, 0.2) is 0 Å². The van der Waals surface area contributed by atoms with Gasteiger partial charge in [-0.1, -0.05) is 25.0 Å². The topological polar surface area (TPSA) is 44.5 Å². The SMILES string of the molecule is COC1(C(N)c2cccc(OC(F)(F)F)c2)CCCC1. The third-order valence-corrected chi connectivity index (χ3v) is 3.87. The number of hydrogen-bond acceptors (Lipinski definition) is 3. The molecule has 20 heavy (non-hydrogen) atoms. The first-order valence-electron chi connectivity index (χ1n) is 6.53. The maximum absolute atomic E-state index is 12.2. The van der Waals surface area contributed by atoms with Gasteiger partial charge in [-0.3, -0.25) is 0 Å². The van der Waals surface area contributed by atoms with Gasteiger partial charge < -0.3 is 15.2 Å². The average molecular weight is 289 g/mol. The molecule has 1 aliphatic rings. The van der Waals surface area contributed by atoms with Crippen LogP contribution in [-0.4, -0.2) is 19.1 Å². The molecule has 1 aliphatic carbocycles. The van der Waals surface area contributed by atoms with Crippen molar-refractivity contribution >= 4 is 0 Å². The summed E-state index contributed by atoms with van der Waals surface area (Å²) >= 11 is 0.